The number of aromatic hydroxyl groups is 1. The maximum Gasteiger partial charge on any atom is 0.115 e. The van der Waals surface area contributed by atoms with Crippen molar-refractivity contribution in [3.05, 3.63) is 29.3 Å². The van der Waals surface area contributed by atoms with E-state index < -0.39 is 0 Å². The van der Waals surface area contributed by atoms with Crippen LogP contribution in [0.3, 0.4) is 0 Å². The van der Waals surface area contributed by atoms with Gasteiger partial charge in [0.25, 0.3) is 0 Å². The first-order valence-electron chi connectivity index (χ1n) is 8.43. The maximum absolute atomic E-state index is 9.93. The second-order valence-electron chi connectivity index (χ2n) is 7.34. The van der Waals surface area contributed by atoms with Crippen molar-refractivity contribution in [3.8, 4) is 5.75 Å². The summed E-state index contributed by atoms with van der Waals surface area (Å²) in [7, 11) is 0. The molecule has 5 atom stereocenters. The number of piperidine rings is 2. The quantitative estimate of drug-likeness (QED) is 0.750. The van der Waals surface area contributed by atoms with Gasteiger partial charge in [-0.05, 0) is 67.3 Å². The van der Waals surface area contributed by atoms with E-state index in [0.717, 1.165) is 23.8 Å². The number of halogens is 1. The second-order valence-corrected chi connectivity index (χ2v) is 7.34. The molecule has 3 heterocycles. The molecule has 1 N–H and O–H groups in total. The molecule has 0 aromatic heterocycles. The molecule has 3 fully saturated rings. The molecule has 1 aromatic carbocycles. The number of rotatable bonds is 0. The normalized spacial score (nSPS) is 40.1. The lowest BCUT2D eigenvalue weighted by molar-refractivity contribution is -0.0441. The van der Waals surface area contributed by atoms with E-state index in [4.69, 9.17) is 0 Å². The first-order chi connectivity index (χ1) is 9.84. The highest BCUT2D eigenvalue weighted by atomic mass is 79.9. The average Bonchev–Trinajstić information content (AvgIpc) is 2.96. The van der Waals surface area contributed by atoms with E-state index in [9.17, 15) is 5.11 Å². The van der Waals surface area contributed by atoms with Crippen LogP contribution < -0.4 is 0 Å². The van der Waals surface area contributed by atoms with E-state index in [1.807, 2.05) is 6.07 Å². The third kappa shape index (κ3) is 1.80. The number of phenolic OH excluding ortho intramolecular Hbond substituents is 1. The molecule has 3 aliphatic heterocycles. The lowest BCUT2D eigenvalue weighted by Crippen LogP contribution is -2.58. The number of nitrogens with zero attached hydrogens (tertiary/aromatic N) is 1. The molecule has 0 radical (unpaired) electrons. The van der Waals surface area contributed by atoms with E-state index in [1.165, 1.54) is 50.6 Å². The zero-order valence-corrected chi connectivity index (χ0v) is 14.1. The van der Waals surface area contributed by atoms with E-state index in [0.29, 0.717) is 11.8 Å². The summed E-state index contributed by atoms with van der Waals surface area (Å²) < 4.78 is 0. The van der Waals surface area contributed by atoms with Gasteiger partial charge in [-0.1, -0.05) is 18.9 Å². The summed E-state index contributed by atoms with van der Waals surface area (Å²) in [4.78, 5) is 2.82. The molecule has 2 aliphatic carbocycles. The van der Waals surface area contributed by atoms with Gasteiger partial charge < -0.3 is 5.11 Å². The molecule has 5 unspecified atom stereocenters. The fourth-order valence-electron chi connectivity index (χ4n) is 6.07. The molecule has 0 amide bonds. The highest BCUT2D eigenvalue weighted by Gasteiger charge is 2.56. The summed E-state index contributed by atoms with van der Waals surface area (Å²) in [6, 6.07) is 7.64. The van der Waals surface area contributed by atoms with Crippen LogP contribution in [0.2, 0.25) is 0 Å². The third-order valence-electron chi connectivity index (χ3n) is 6.60. The minimum atomic E-state index is 0. The number of hydrogen-bond acceptors (Lipinski definition) is 2. The summed E-state index contributed by atoms with van der Waals surface area (Å²) in [6.07, 6.45) is 8.44. The van der Waals surface area contributed by atoms with Gasteiger partial charge in [-0.15, -0.1) is 17.0 Å². The summed E-state index contributed by atoms with van der Waals surface area (Å²) >= 11 is 0. The van der Waals surface area contributed by atoms with Gasteiger partial charge in [-0.3, -0.25) is 4.90 Å². The Hall–Kier alpha value is -0.540. The molecule has 2 saturated heterocycles. The van der Waals surface area contributed by atoms with Crippen molar-refractivity contribution < 1.29 is 5.11 Å². The van der Waals surface area contributed by atoms with Crippen LogP contribution in [0.1, 0.15) is 61.6 Å². The van der Waals surface area contributed by atoms with E-state index in [-0.39, 0.29) is 17.0 Å². The van der Waals surface area contributed by atoms with Crippen LogP contribution in [0.4, 0.5) is 0 Å². The number of benzene rings is 1. The second kappa shape index (κ2) is 4.99. The van der Waals surface area contributed by atoms with Crippen LogP contribution in [0.5, 0.6) is 5.75 Å². The fraction of sp³-hybridized carbons (Fsp3) is 0.667. The van der Waals surface area contributed by atoms with Crippen LogP contribution in [-0.2, 0) is 0 Å². The van der Waals surface area contributed by atoms with Crippen LogP contribution in [0, 0.1) is 11.8 Å². The first kappa shape index (κ1) is 14.1. The highest BCUT2D eigenvalue weighted by molar-refractivity contribution is 8.93. The Labute approximate surface area is 137 Å². The van der Waals surface area contributed by atoms with E-state index in [2.05, 4.69) is 17.0 Å². The van der Waals surface area contributed by atoms with Crippen LogP contribution in [0.25, 0.3) is 0 Å². The van der Waals surface area contributed by atoms with Crippen molar-refractivity contribution >= 4 is 17.0 Å². The molecule has 5 aliphatic rings. The van der Waals surface area contributed by atoms with Gasteiger partial charge in [0.05, 0.1) is 0 Å². The molecule has 114 valence electrons. The molecule has 3 heteroatoms. The van der Waals surface area contributed by atoms with E-state index in [1.54, 1.807) is 5.56 Å². The van der Waals surface area contributed by atoms with Crippen LogP contribution in [-0.4, -0.2) is 22.6 Å². The van der Waals surface area contributed by atoms with Crippen molar-refractivity contribution in [2.75, 3.05) is 6.54 Å². The Kier molecular flexibility index (Phi) is 3.34. The van der Waals surface area contributed by atoms with Gasteiger partial charge in [-0.2, -0.15) is 0 Å². The Morgan fingerprint density at radius 1 is 0.952 bits per heavy atom. The average molecular weight is 350 g/mol. The van der Waals surface area contributed by atoms with Crippen molar-refractivity contribution in [3.63, 3.8) is 0 Å². The molecule has 0 spiro atoms. The van der Waals surface area contributed by atoms with Gasteiger partial charge in [-0.25, -0.2) is 0 Å². The first-order valence-corrected chi connectivity index (χ1v) is 8.43. The van der Waals surface area contributed by atoms with Gasteiger partial charge in [0.15, 0.2) is 0 Å². The monoisotopic (exact) mass is 349 g/mol. The van der Waals surface area contributed by atoms with Gasteiger partial charge in [0.2, 0.25) is 0 Å². The Morgan fingerprint density at radius 2 is 1.81 bits per heavy atom. The van der Waals surface area contributed by atoms with Gasteiger partial charge in [0, 0.05) is 18.0 Å². The summed E-state index contributed by atoms with van der Waals surface area (Å²) in [6.45, 7) is 1.28. The molecular formula is C18H24BrNO. The standard InChI is InChI=1S/C18H23NO.BrH/c20-11-7-8-13-15(10-11)18-14-5-3-4-12(14)17(13)16-6-1-2-9-19(16)18;/h7-8,10,12,14,16-18,20H,1-6,9H2;1H. The molecular weight excluding hydrogens is 326 g/mol. The number of hydrogen-bond donors (Lipinski definition) is 1. The predicted octanol–water partition coefficient (Wildman–Crippen LogP) is 4.39. The largest absolute Gasteiger partial charge is 0.508 e. The van der Waals surface area contributed by atoms with Crippen molar-refractivity contribution in [2.45, 2.75) is 56.5 Å². The fourth-order valence-corrected chi connectivity index (χ4v) is 6.07. The lowest BCUT2D eigenvalue weighted by atomic mass is 9.59. The summed E-state index contributed by atoms with van der Waals surface area (Å²) in [5.41, 5.74) is 3.05. The Bertz CT molecular complexity index is 560. The lowest BCUT2D eigenvalue weighted by Gasteiger charge is -2.59. The van der Waals surface area contributed by atoms with Crippen molar-refractivity contribution in [1.29, 1.82) is 0 Å². The van der Waals surface area contributed by atoms with Crippen molar-refractivity contribution in [2.24, 2.45) is 11.8 Å². The smallest absolute Gasteiger partial charge is 0.115 e. The molecule has 1 aromatic rings. The minimum absolute atomic E-state index is 0. The highest BCUT2D eigenvalue weighted by Crippen LogP contribution is 2.62. The zero-order chi connectivity index (χ0) is 13.3. The van der Waals surface area contributed by atoms with Gasteiger partial charge in [0.1, 0.15) is 5.75 Å². The van der Waals surface area contributed by atoms with Crippen molar-refractivity contribution in [1.82, 2.24) is 4.90 Å². The van der Waals surface area contributed by atoms with Gasteiger partial charge >= 0.3 is 0 Å². The van der Waals surface area contributed by atoms with Crippen LogP contribution >= 0.6 is 17.0 Å². The van der Waals surface area contributed by atoms with E-state index >= 15 is 0 Å². The summed E-state index contributed by atoms with van der Waals surface area (Å²) in [5, 5.41) is 9.93. The third-order valence-corrected chi connectivity index (χ3v) is 6.60. The maximum atomic E-state index is 9.93. The van der Waals surface area contributed by atoms with Crippen LogP contribution in [0.15, 0.2) is 18.2 Å². The summed E-state index contributed by atoms with van der Waals surface area (Å²) in [5.74, 6) is 3.00. The molecule has 6 rings (SSSR count). The molecule has 2 nitrogen and oxygen atoms in total. The zero-order valence-electron chi connectivity index (χ0n) is 12.4. The SMILES string of the molecule is Br.Oc1ccc2c(c1)C1C3CCCC3C2C2CCCCN21. The Balaban J connectivity index is 0.00000115. The topological polar surface area (TPSA) is 23.5 Å². The molecule has 21 heavy (non-hydrogen) atoms. The predicted molar refractivity (Wildman–Crippen MR) is 89.1 cm³/mol. The minimum Gasteiger partial charge on any atom is -0.508 e. The molecule has 1 saturated carbocycles. The Morgan fingerprint density at radius 3 is 2.71 bits per heavy atom. The molecule has 2 bridgehead atoms. The number of phenols is 1.